The Morgan fingerprint density at radius 2 is 2.00 bits per heavy atom. The second-order valence-corrected chi connectivity index (χ2v) is 8.30. The molecule has 0 spiro atoms. The molecule has 2 aliphatic rings. The third-order valence-corrected chi connectivity index (χ3v) is 6.24. The summed E-state index contributed by atoms with van der Waals surface area (Å²) >= 11 is 0. The van der Waals surface area contributed by atoms with Gasteiger partial charge >= 0.3 is 0 Å². The highest BCUT2D eigenvalue weighted by molar-refractivity contribution is 7.89. The first-order chi connectivity index (χ1) is 11.5. The van der Waals surface area contributed by atoms with Crippen LogP contribution in [-0.2, 0) is 14.8 Å². The molecule has 1 N–H and O–H groups in total. The molecule has 3 rings (SSSR count). The number of sulfonamides is 1. The lowest BCUT2D eigenvalue weighted by molar-refractivity contribution is -0.133. The molecule has 0 saturated carbocycles. The molecule has 1 aliphatic heterocycles. The van der Waals surface area contributed by atoms with Crippen LogP contribution in [0.3, 0.4) is 0 Å². The van der Waals surface area contributed by atoms with Crippen molar-refractivity contribution in [3.05, 3.63) is 42.5 Å². The molecule has 0 radical (unpaired) electrons. The number of benzene rings is 1. The first kappa shape index (κ1) is 17.2. The second-order valence-electron chi connectivity index (χ2n) is 6.58. The smallest absolute Gasteiger partial charge is 0.240 e. The van der Waals surface area contributed by atoms with E-state index in [1.54, 1.807) is 30.3 Å². The summed E-state index contributed by atoms with van der Waals surface area (Å²) in [5.74, 6) is 0.481. The number of likely N-dealkylation sites (tertiary alicyclic amines) is 1. The quantitative estimate of drug-likeness (QED) is 0.831. The van der Waals surface area contributed by atoms with Crippen LogP contribution in [0.5, 0.6) is 0 Å². The Morgan fingerprint density at radius 3 is 2.71 bits per heavy atom. The minimum Gasteiger partial charge on any atom is -0.341 e. The van der Waals surface area contributed by atoms with Gasteiger partial charge in [-0.25, -0.2) is 13.1 Å². The first-order valence-electron chi connectivity index (χ1n) is 8.56. The maximum absolute atomic E-state index is 12.5. The monoisotopic (exact) mass is 348 g/mol. The van der Waals surface area contributed by atoms with Gasteiger partial charge in [0.05, 0.1) is 4.90 Å². The molecule has 2 atom stereocenters. The van der Waals surface area contributed by atoms with Crippen molar-refractivity contribution in [3.63, 3.8) is 0 Å². The molecule has 1 fully saturated rings. The van der Waals surface area contributed by atoms with Gasteiger partial charge in [0, 0.05) is 25.6 Å². The van der Waals surface area contributed by atoms with Crippen LogP contribution in [0.15, 0.2) is 47.4 Å². The number of hydrogen-bond donors (Lipinski definition) is 1. The van der Waals surface area contributed by atoms with Crippen LogP contribution in [0.1, 0.15) is 32.1 Å². The Balaban J connectivity index is 1.59. The Morgan fingerprint density at radius 1 is 1.21 bits per heavy atom. The van der Waals surface area contributed by atoms with Crippen LogP contribution >= 0.6 is 0 Å². The summed E-state index contributed by atoms with van der Waals surface area (Å²) in [6.07, 6.45) is 8.48. The van der Waals surface area contributed by atoms with E-state index in [4.69, 9.17) is 0 Å². The zero-order valence-corrected chi connectivity index (χ0v) is 14.5. The van der Waals surface area contributed by atoms with Gasteiger partial charge in [-0.3, -0.25) is 4.79 Å². The number of nitrogens with one attached hydrogen (secondary N) is 1. The molecule has 130 valence electrons. The predicted molar refractivity (Wildman–Crippen MR) is 92.8 cm³/mol. The summed E-state index contributed by atoms with van der Waals surface area (Å²) in [5.41, 5.74) is 0. The van der Waals surface area contributed by atoms with Crippen molar-refractivity contribution in [2.45, 2.75) is 43.0 Å². The van der Waals surface area contributed by atoms with Gasteiger partial charge in [-0.15, -0.1) is 0 Å². The third-order valence-electron chi connectivity index (χ3n) is 4.70. The van der Waals surface area contributed by atoms with Crippen molar-refractivity contribution in [2.75, 3.05) is 13.1 Å². The number of allylic oxidation sites excluding steroid dienone is 2. The molecule has 0 unspecified atom stereocenters. The Hall–Kier alpha value is -1.66. The lowest BCUT2D eigenvalue weighted by atomic mass is 10.0. The number of carbonyl (C=O) groups is 1. The molecular formula is C18H24N2O3S. The second kappa shape index (κ2) is 7.49. The zero-order chi connectivity index (χ0) is 17.0. The van der Waals surface area contributed by atoms with E-state index in [-0.39, 0.29) is 16.8 Å². The Bertz CT molecular complexity index is 700. The largest absolute Gasteiger partial charge is 0.341 e. The fourth-order valence-electron chi connectivity index (χ4n) is 3.41. The fraction of sp³-hybridized carbons (Fsp3) is 0.500. The molecule has 0 bridgehead atoms. The number of carbonyl (C=O) groups excluding carboxylic acids is 1. The molecule has 1 aromatic carbocycles. The number of nitrogens with zero attached hydrogens (tertiary/aromatic N) is 1. The van der Waals surface area contributed by atoms with E-state index in [2.05, 4.69) is 16.9 Å². The summed E-state index contributed by atoms with van der Waals surface area (Å²) < 4.78 is 27.6. The van der Waals surface area contributed by atoms with Crippen molar-refractivity contribution >= 4 is 15.9 Å². The zero-order valence-electron chi connectivity index (χ0n) is 13.7. The van der Waals surface area contributed by atoms with Crippen LogP contribution in [0.25, 0.3) is 0 Å². The minimum absolute atomic E-state index is 0.134. The highest BCUT2D eigenvalue weighted by Gasteiger charge is 2.28. The first-order valence-corrected chi connectivity index (χ1v) is 10.0. The number of rotatable bonds is 5. The van der Waals surface area contributed by atoms with Gasteiger partial charge < -0.3 is 4.90 Å². The average Bonchev–Trinajstić information content (AvgIpc) is 3.08. The van der Waals surface area contributed by atoms with Crippen molar-refractivity contribution in [1.29, 1.82) is 0 Å². The van der Waals surface area contributed by atoms with E-state index >= 15 is 0 Å². The van der Waals surface area contributed by atoms with Crippen molar-refractivity contribution < 1.29 is 13.2 Å². The Labute approximate surface area is 143 Å². The molecule has 1 aromatic rings. The van der Waals surface area contributed by atoms with Crippen LogP contribution in [-0.4, -0.2) is 38.4 Å². The summed E-state index contributed by atoms with van der Waals surface area (Å²) in [4.78, 5) is 14.5. The van der Waals surface area contributed by atoms with Gasteiger partial charge in [-0.05, 0) is 43.7 Å². The molecule has 1 heterocycles. The normalized spacial score (nSPS) is 24.2. The van der Waals surface area contributed by atoms with E-state index in [1.165, 1.54) is 0 Å². The summed E-state index contributed by atoms with van der Waals surface area (Å²) in [7, 11) is -3.53. The van der Waals surface area contributed by atoms with Crippen LogP contribution in [0, 0.1) is 5.92 Å². The van der Waals surface area contributed by atoms with E-state index in [1.807, 2.05) is 4.90 Å². The third kappa shape index (κ3) is 4.24. The van der Waals surface area contributed by atoms with Gasteiger partial charge in [0.25, 0.3) is 0 Å². The molecule has 5 nitrogen and oxygen atoms in total. The SMILES string of the molecule is O=C(C[C@@H]1C=CCC1)N1CCC[C@H](NS(=O)(=O)c2ccccc2)C1. The summed E-state index contributed by atoms with van der Waals surface area (Å²) in [5, 5.41) is 0. The number of amides is 1. The molecule has 0 aromatic heterocycles. The lowest BCUT2D eigenvalue weighted by Gasteiger charge is -2.33. The Kier molecular flexibility index (Phi) is 5.36. The minimum atomic E-state index is -3.53. The number of hydrogen-bond acceptors (Lipinski definition) is 3. The molecule has 6 heteroatoms. The maximum Gasteiger partial charge on any atom is 0.240 e. The predicted octanol–water partition coefficient (Wildman–Crippen LogP) is 2.31. The van der Waals surface area contributed by atoms with Gasteiger partial charge in [0.1, 0.15) is 0 Å². The highest BCUT2D eigenvalue weighted by atomic mass is 32.2. The van der Waals surface area contributed by atoms with E-state index in [0.717, 1.165) is 32.2 Å². The van der Waals surface area contributed by atoms with E-state index in [0.29, 0.717) is 18.9 Å². The molecular weight excluding hydrogens is 324 g/mol. The summed E-state index contributed by atoms with van der Waals surface area (Å²) in [6.45, 7) is 1.18. The van der Waals surface area contributed by atoms with E-state index in [9.17, 15) is 13.2 Å². The van der Waals surface area contributed by atoms with Crippen LogP contribution < -0.4 is 4.72 Å². The topological polar surface area (TPSA) is 66.5 Å². The van der Waals surface area contributed by atoms with Crippen molar-refractivity contribution in [3.8, 4) is 0 Å². The van der Waals surface area contributed by atoms with Gasteiger partial charge in [-0.2, -0.15) is 0 Å². The fourth-order valence-corrected chi connectivity index (χ4v) is 4.69. The van der Waals surface area contributed by atoms with Crippen molar-refractivity contribution in [2.24, 2.45) is 5.92 Å². The van der Waals surface area contributed by atoms with Crippen molar-refractivity contribution in [1.82, 2.24) is 9.62 Å². The maximum atomic E-state index is 12.5. The molecule has 1 saturated heterocycles. The molecule has 24 heavy (non-hydrogen) atoms. The lowest BCUT2D eigenvalue weighted by Crippen LogP contribution is -2.49. The highest BCUT2D eigenvalue weighted by Crippen LogP contribution is 2.22. The van der Waals surface area contributed by atoms with Gasteiger partial charge in [0.15, 0.2) is 0 Å². The van der Waals surface area contributed by atoms with Gasteiger partial charge in [0.2, 0.25) is 15.9 Å². The van der Waals surface area contributed by atoms with Gasteiger partial charge in [-0.1, -0.05) is 30.4 Å². The van der Waals surface area contributed by atoms with E-state index < -0.39 is 10.0 Å². The standard InChI is InChI=1S/C18H24N2O3S/c21-18(13-15-7-4-5-8-15)20-12-6-9-16(14-20)19-24(22,23)17-10-2-1-3-11-17/h1-4,7,10-11,15-16,19H,5-6,8-9,12-14H2/t15-,16+/m1/s1. The average molecular weight is 348 g/mol. The summed E-state index contributed by atoms with van der Waals surface area (Å²) in [6, 6.07) is 8.16. The molecule has 1 aliphatic carbocycles. The number of piperidine rings is 1. The molecule has 1 amide bonds. The van der Waals surface area contributed by atoms with Crippen LogP contribution in [0.4, 0.5) is 0 Å². The van der Waals surface area contributed by atoms with Crippen LogP contribution in [0.2, 0.25) is 0 Å².